The molecule has 0 radical (unpaired) electrons. The van der Waals surface area contributed by atoms with Crippen LogP contribution in [0.1, 0.15) is 41.7 Å². The SMILES string of the molecule is Cc1ccc2c(c1-c1c(OCc3ccccc3)cc(CC(C)C)cc1OCc1ccccc1)CC(=O)N2CCF. The zero-order valence-corrected chi connectivity index (χ0v) is 23.5. The monoisotopic (exact) mass is 537 g/mol. The van der Waals surface area contributed by atoms with Crippen molar-refractivity contribution in [3.63, 3.8) is 0 Å². The number of aryl methyl sites for hydroxylation is 1. The lowest BCUT2D eigenvalue weighted by molar-refractivity contribution is -0.117. The summed E-state index contributed by atoms with van der Waals surface area (Å²) in [4.78, 5) is 14.5. The molecule has 1 aliphatic heterocycles. The highest BCUT2D eigenvalue weighted by molar-refractivity contribution is 6.05. The van der Waals surface area contributed by atoms with Crippen LogP contribution >= 0.6 is 0 Å². The van der Waals surface area contributed by atoms with Gasteiger partial charge in [-0.05, 0) is 70.8 Å². The Morgan fingerprint density at radius 3 is 1.90 bits per heavy atom. The number of carbonyl (C=O) groups excluding carboxylic acids is 1. The third kappa shape index (κ3) is 6.04. The molecule has 0 saturated carbocycles. The molecule has 1 heterocycles. The molecule has 206 valence electrons. The first-order valence-corrected chi connectivity index (χ1v) is 13.9. The minimum atomic E-state index is -0.588. The van der Waals surface area contributed by atoms with Gasteiger partial charge in [0.25, 0.3) is 0 Å². The molecule has 0 bridgehead atoms. The summed E-state index contributed by atoms with van der Waals surface area (Å²) in [5.74, 6) is 1.80. The zero-order chi connectivity index (χ0) is 28.1. The molecule has 5 rings (SSSR count). The summed E-state index contributed by atoms with van der Waals surface area (Å²) in [5, 5.41) is 0. The molecule has 0 spiro atoms. The van der Waals surface area contributed by atoms with Gasteiger partial charge in [0.1, 0.15) is 31.4 Å². The fourth-order valence-electron chi connectivity index (χ4n) is 5.42. The van der Waals surface area contributed by atoms with Gasteiger partial charge in [0.05, 0.1) is 18.5 Å². The minimum Gasteiger partial charge on any atom is -0.488 e. The number of halogens is 1. The second kappa shape index (κ2) is 12.4. The van der Waals surface area contributed by atoms with Crippen molar-refractivity contribution in [2.24, 2.45) is 5.92 Å². The number of ether oxygens (including phenoxy) is 2. The van der Waals surface area contributed by atoms with Crippen molar-refractivity contribution in [3.05, 3.63) is 113 Å². The standard InChI is InChI=1S/C35H36FNO3/c1-24(2)18-28-19-31(39-22-26-10-6-4-7-11-26)35(32(20-28)40-23-27-12-8-5-9-13-27)34-25(3)14-15-30-29(34)21-33(38)37(30)17-16-36/h4-15,19-20,24H,16-18,21-23H2,1-3H3. The van der Waals surface area contributed by atoms with Crippen LogP contribution in [0.3, 0.4) is 0 Å². The normalized spacial score (nSPS) is 12.6. The minimum absolute atomic E-state index is 0.0520. The largest absolute Gasteiger partial charge is 0.488 e. The van der Waals surface area contributed by atoms with Crippen molar-refractivity contribution in [2.45, 2.75) is 46.8 Å². The van der Waals surface area contributed by atoms with Gasteiger partial charge in [-0.2, -0.15) is 0 Å². The molecule has 1 amide bonds. The Morgan fingerprint density at radius 2 is 1.38 bits per heavy atom. The van der Waals surface area contributed by atoms with Crippen molar-refractivity contribution >= 4 is 11.6 Å². The van der Waals surface area contributed by atoms with Crippen LogP contribution in [0.15, 0.2) is 84.9 Å². The highest BCUT2D eigenvalue weighted by Crippen LogP contribution is 2.47. The predicted molar refractivity (Wildman–Crippen MR) is 159 cm³/mol. The topological polar surface area (TPSA) is 38.8 Å². The van der Waals surface area contributed by atoms with E-state index in [4.69, 9.17) is 9.47 Å². The summed E-state index contributed by atoms with van der Waals surface area (Å²) in [7, 11) is 0. The molecule has 5 heteroatoms. The maximum Gasteiger partial charge on any atom is 0.231 e. The average molecular weight is 538 g/mol. The molecule has 0 fully saturated rings. The second-order valence-corrected chi connectivity index (χ2v) is 10.8. The van der Waals surface area contributed by atoms with Gasteiger partial charge in [-0.25, -0.2) is 4.39 Å². The Kier molecular flexibility index (Phi) is 8.49. The third-order valence-corrected chi connectivity index (χ3v) is 7.22. The summed E-state index contributed by atoms with van der Waals surface area (Å²) in [5.41, 5.74) is 7.69. The molecular formula is C35H36FNO3. The number of alkyl halides is 1. The lowest BCUT2D eigenvalue weighted by Gasteiger charge is -2.23. The van der Waals surface area contributed by atoms with Gasteiger partial charge in [-0.15, -0.1) is 0 Å². The van der Waals surface area contributed by atoms with Gasteiger partial charge in [-0.3, -0.25) is 4.79 Å². The number of anilines is 1. The first-order valence-electron chi connectivity index (χ1n) is 13.9. The smallest absolute Gasteiger partial charge is 0.231 e. The van der Waals surface area contributed by atoms with Crippen LogP contribution in [-0.4, -0.2) is 19.1 Å². The van der Waals surface area contributed by atoms with Crippen molar-refractivity contribution in [2.75, 3.05) is 18.1 Å². The molecule has 0 atom stereocenters. The Bertz CT molecular complexity index is 1400. The predicted octanol–water partition coefficient (Wildman–Crippen LogP) is 7.88. The molecule has 4 aromatic carbocycles. The Balaban J connectivity index is 1.67. The van der Waals surface area contributed by atoms with Gasteiger partial charge >= 0.3 is 0 Å². The lowest BCUT2D eigenvalue weighted by Crippen LogP contribution is -2.28. The van der Waals surface area contributed by atoms with Crippen LogP contribution in [0.2, 0.25) is 0 Å². The van der Waals surface area contributed by atoms with Crippen LogP contribution in [-0.2, 0) is 30.8 Å². The highest BCUT2D eigenvalue weighted by atomic mass is 19.1. The van der Waals surface area contributed by atoms with E-state index in [1.54, 1.807) is 4.90 Å². The molecular weight excluding hydrogens is 501 g/mol. The Morgan fingerprint density at radius 1 is 0.800 bits per heavy atom. The molecule has 40 heavy (non-hydrogen) atoms. The molecule has 4 nitrogen and oxygen atoms in total. The van der Waals surface area contributed by atoms with Crippen LogP contribution < -0.4 is 14.4 Å². The number of benzene rings is 4. The molecule has 0 aromatic heterocycles. The maximum absolute atomic E-state index is 13.4. The van der Waals surface area contributed by atoms with E-state index in [2.05, 4.69) is 26.0 Å². The van der Waals surface area contributed by atoms with Crippen molar-refractivity contribution in [1.82, 2.24) is 0 Å². The van der Waals surface area contributed by atoms with E-state index >= 15 is 0 Å². The van der Waals surface area contributed by atoms with E-state index in [1.807, 2.05) is 79.7 Å². The Hall–Kier alpha value is -4.12. The number of hydrogen-bond acceptors (Lipinski definition) is 3. The highest BCUT2D eigenvalue weighted by Gasteiger charge is 2.32. The summed E-state index contributed by atoms with van der Waals surface area (Å²) in [6, 6.07) is 28.3. The summed E-state index contributed by atoms with van der Waals surface area (Å²) < 4.78 is 26.5. The summed E-state index contributed by atoms with van der Waals surface area (Å²) in [6.45, 7) is 6.70. The molecule has 0 unspecified atom stereocenters. The first-order chi connectivity index (χ1) is 19.4. The van der Waals surface area contributed by atoms with Crippen molar-refractivity contribution in [1.29, 1.82) is 0 Å². The second-order valence-electron chi connectivity index (χ2n) is 10.8. The average Bonchev–Trinajstić information content (AvgIpc) is 3.27. The van der Waals surface area contributed by atoms with Gasteiger partial charge in [0.15, 0.2) is 0 Å². The van der Waals surface area contributed by atoms with Crippen LogP contribution in [0, 0.1) is 12.8 Å². The van der Waals surface area contributed by atoms with Gasteiger partial charge in [0.2, 0.25) is 5.91 Å². The van der Waals surface area contributed by atoms with E-state index in [0.29, 0.717) is 19.1 Å². The van der Waals surface area contributed by atoms with Crippen LogP contribution in [0.4, 0.5) is 10.1 Å². The van der Waals surface area contributed by atoms with Crippen molar-refractivity contribution < 1.29 is 18.7 Å². The molecule has 1 aliphatic rings. The van der Waals surface area contributed by atoms with Gasteiger partial charge in [-0.1, -0.05) is 80.6 Å². The lowest BCUT2D eigenvalue weighted by atomic mass is 9.90. The van der Waals surface area contributed by atoms with Crippen LogP contribution in [0.25, 0.3) is 11.1 Å². The fraction of sp³-hybridized carbons (Fsp3) is 0.286. The number of hydrogen-bond donors (Lipinski definition) is 0. The van der Waals surface area contributed by atoms with E-state index < -0.39 is 6.67 Å². The molecule has 4 aromatic rings. The zero-order valence-electron chi connectivity index (χ0n) is 23.5. The third-order valence-electron chi connectivity index (χ3n) is 7.22. The van der Waals surface area contributed by atoms with Gasteiger partial charge in [0, 0.05) is 5.69 Å². The van der Waals surface area contributed by atoms with E-state index in [0.717, 1.165) is 62.6 Å². The molecule has 0 aliphatic carbocycles. The van der Waals surface area contributed by atoms with E-state index in [9.17, 15) is 9.18 Å². The number of carbonyl (C=O) groups is 1. The number of fused-ring (bicyclic) bond motifs is 1. The number of nitrogens with zero attached hydrogens (tertiary/aromatic N) is 1. The maximum atomic E-state index is 13.4. The van der Waals surface area contributed by atoms with E-state index in [1.165, 1.54) is 0 Å². The summed E-state index contributed by atoms with van der Waals surface area (Å²) >= 11 is 0. The van der Waals surface area contributed by atoms with E-state index in [-0.39, 0.29) is 18.9 Å². The molecule has 0 saturated heterocycles. The first kappa shape index (κ1) is 27.4. The van der Waals surface area contributed by atoms with Crippen LogP contribution in [0.5, 0.6) is 11.5 Å². The number of rotatable bonds is 11. The van der Waals surface area contributed by atoms with Crippen molar-refractivity contribution in [3.8, 4) is 22.6 Å². The number of amides is 1. The fourth-order valence-corrected chi connectivity index (χ4v) is 5.42. The molecule has 0 N–H and O–H groups in total. The quantitative estimate of drug-likeness (QED) is 0.195. The summed E-state index contributed by atoms with van der Waals surface area (Å²) in [6.07, 6.45) is 1.09. The van der Waals surface area contributed by atoms with Gasteiger partial charge < -0.3 is 14.4 Å². The Labute approximate surface area is 236 Å².